The Balaban J connectivity index is 1.77. The van der Waals surface area contributed by atoms with Crippen molar-refractivity contribution >= 4 is 29.2 Å². The van der Waals surface area contributed by atoms with Crippen molar-refractivity contribution in [1.29, 1.82) is 0 Å². The molecule has 0 radical (unpaired) electrons. The van der Waals surface area contributed by atoms with Gasteiger partial charge in [0.05, 0.1) is 0 Å². The van der Waals surface area contributed by atoms with E-state index in [1.54, 1.807) is 11.8 Å². The fourth-order valence-electron chi connectivity index (χ4n) is 1.93. The lowest BCUT2D eigenvalue weighted by molar-refractivity contribution is 0.868. The molecule has 2 N–H and O–H groups in total. The second kappa shape index (κ2) is 5.62. The van der Waals surface area contributed by atoms with Crippen LogP contribution in [0, 0.1) is 6.92 Å². The SMILES string of the molecule is Cc1c(N)nc(C2CC2)nc1SCc1ccc(Cl)cc1. The molecule has 1 heterocycles. The van der Waals surface area contributed by atoms with Crippen LogP contribution in [0.1, 0.15) is 35.7 Å². The average Bonchev–Trinajstić information content (AvgIpc) is 3.26. The molecule has 104 valence electrons. The zero-order valence-electron chi connectivity index (χ0n) is 11.3. The van der Waals surface area contributed by atoms with Crippen molar-refractivity contribution in [2.45, 2.75) is 36.5 Å². The second-order valence-electron chi connectivity index (χ2n) is 5.09. The smallest absolute Gasteiger partial charge is 0.135 e. The number of nitrogens with zero attached hydrogens (tertiary/aromatic N) is 2. The van der Waals surface area contributed by atoms with Crippen LogP contribution in [-0.2, 0) is 5.75 Å². The van der Waals surface area contributed by atoms with Crippen LogP contribution in [0.4, 0.5) is 5.82 Å². The average molecular weight is 306 g/mol. The monoisotopic (exact) mass is 305 g/mol. The molecule has 2 aromatic rings. The Morgan fingerprint density at radius 3 is 2.60 bits per heavy atom. The fraction of sp³-hybridized carbons (Fsp3) is 0.333. The van der Waals surface area contributed by atoms with Crippen molar-refractivity contribution in [2.75, 3.05) is 5.73 Å². The largest absolute Gasteiger partial charge is 0.383 e. The van der Waals surface area contributed by atoms with E-state index in [2.05, 4.69) is 9.97 Å². The molecule has 0 spiro atoms. The van der Waals surface area contributed by atoms with E-state index in [0.717, 1.165) is 27.2 Å². The van der Waals surface area contributed by atoms with E-state index in [1.807, 2.05) is 31.2 Å². The minimum atomic E-state index is 0.521. The Bertz CT molecular complexity index is 624. The zero-order chi connectivity index (χ0) is 14.1. The first-order chi connectivity index (χ1) is 9.63. The minimum Gasteiger partial charge on any atom is -0.383 e. The molecule has 1 saturated carbocycles. The quantitative estimate of drug-likeness (QED) is 0.679. The van der Waals surface area contributed by atoms with Gasteiger partial charge in [-0.25, -0.2) is 9.97 Å². The van der Waals surface area contributed by atoms with Gasteiger partial charge in [0.15, 0.2) is 0 Å². The number of benzene rings is 1. The topological polar surface area (TPSA) is 51.8 Å². The molecule has 0 aliphatic heterocycles. The molecule has 5 heteroatoms. The summed E-state index contributed by atoms with van der Waals surface area (Å²) in [5.41, 5.74) is 8.20. The van der Waals surface area contributed by atoms with Crippen LogP contribution in [0.3, 0.4) is 0 Å². The van der Waals surface area contributed by atoms with Crippen molar-refractivity contribution in [1.82, 2.24) is 9.97 Å². The molecule has 3 rings (SSSR count). The molecule has 1 aliphatic rings. The maximum absolute atomic E-state index is 5.99. The normalized spacial score (nSPS) is 14.5. The minimum absolute atomic E-state index is 0.521. The highest BCUT2D eigenvalue weighted by molar-refractivity contribution is 7.98. The Morgan fingerprint density at radius 2 is 1.95 bits per heavy atom. The van der Waals surface area contributed by atoms with E-state index >= 15 is 0 Å². The summed E-state index contributed by atoms with van der Waals surface area (Å²) in [5.74, 6) is 2.90. The molecular formula is C15H16ClN3S. The molecule has 0 bridgehead atoms. The third-order valence-electron chi connectivity index (χ3n) is 3.39. The summed E-state index contributed by atoms with van der Waals surface area (Å²) in [4.78, 5) is 9.07. The first-order valence-corrected chi connectivity index (χ1v) is 8.01. The first kappa shape index (κ1) is 13.7. The van der Waals surface area contributed by atoms with E-state index in [0.29, 0.717) is 11.7 Å². The van der Waals surface area contributed by atoms with Gasteiger partial charge >= 0.3 is 0 Å². The van der Waals surface area contributed by atoms with Gasteiger partial charge in [0, 0.05) is 22.3 Å². The Labute approximate surface area is 128 Å². The predicted molar refractivity (Wildman–Crippen MR) is 84.2 cm³/mol. The van der Waals surface area contributed by atoms with Gasteiger partial charge in [-0.15, -0.1) is 11.8 Å². The van der Waals surface area contributed by atoms with Crippen molar-refractivity contribution in [2.24, 2.45) is 0 Å². The number of hydrogen-bond donors (Lipinski definition) is 1. The summed E-state index contributed by atoms with van der Waals surface area (Å²) in [6.45, 7) is 1.98. The van der Waals surface area contributed by atoms with Crippen LogP contribution in [0.25, 0.3) is 0 Å². The van der Waals surface area contributed by atoms with Gasteiger partial charge in [-0.2, -0.15) is 0 Å². The van der Waals surface area contributed by atoms with Gasteiger partial charge in [-0.1, -0.05) is 23.7 Å². The third kappa shape index (κ3) is 3.07. The lowest BCUT2D eigenvalue weighted by Crippen LogP contribution is -2.03. The molecular weight excluding hydrogens is 290 g/mol. The molecule has 0 unspecified atom stereocenters. The van der Waals surface area contributed by atoms with E-state index in [-0.39, 0.29) is 0 Å². The Kier molecular flexibility index (Phi) is 3.85. The van der Waals surface area contributed by atoms with E-state index in [9.17, 15) is 0 Å². The second-order valence-corrected chi connectivity index (χ2v) is 6.49. The van der Waals surface area contributed by atoms with Crippen molar-refractivity contribution < 1.29 is 0 Å². The summed E-state index contributed by atoms with van der Waals surface area (Å²) in [5, 5.41) is 1.76. The number of hydrogen-bond acceptors (Lipinski definition) is 4. The number of rotatable bonds is 4. The van der Waals surface area contributed by atoms with Gasteiger partial charge in [-0.05, 0) is 37.5 Å². The molecule has 3 nitrogen and oxygen atoms in total. The third-order valence-corrected chi connectivity index (χ3v) is 4.79. The van der Waals surface area contributed by atoms with Gasteiger partial charge in [-0.3, -0.25) is 0 Å². The number of aromatic nitrogens is 2. The molecule has 1 aromatic heterocycles. The van der Waals surface area contributed by atoms with Crippen LogP contribution in [0.2, 0.25) is 5.02 Å². The number of halogens is 1. The molecule has 0 saturated heterocycles. The highest BCUT2D eigenvalue weighted by Gasteiger charge is 2.27. The van der Waals surface area contributed by atoms with E-state index in [1.165, 1.54) is 18.4 Å². The van der Waals surface area contributed by atoms with Gasteiger partial charge in [0.2, 0.25) is 0 Å². The van der Waals surface area contributed by atoms with Gasteiger partial charge < -0.3 is 5.73 Å². The van der Waals surface area contributed by atoms with Crippen LogP contribution in [0.5, 0.6) is 0 Å². The maximum Gasteiger partial charge on any atom is 0.135 e. The molecule has 1 aliphatic carbocycles. The first-order valence-electron chi connectivity index (χ1n) is 6.64. The Morgan fingerprint density at radius 1 is 1.25 bits per heavy atom. The molecule has 1 fully saturated rings. The fourth-order valence-corrected chi connectivity index (χ4v) is 3.03. The number of anilines is 1. The van der Waals surface area contributed by atoms with E-state index < -0.39 is 0 Å². The Hall–Kier alpha value is -1.26. The van der Waals surface area contributed by atoms with Crippen LogP contribution in [-0.4, -0.2) is 9.97 Å². The number of thioether (sulfide) groups is 1. The summed E-state index contributed by atoms with van der Waals surface area (Å²) in [6.07, 6.45) is 2.37. The summed E-state index contributed by atoms with van der Waals surface area (Å²) in [6, 6.07) is 7.90. The summed E-state index contributed by atoms with van der Waals surface area (Å²) in [7, 11) is 0. The highest BCUT2D eigenvalue weighted by Crippen LogP contribution is 2.39. The molecule has 20 heavy (non-hydrogen) atoms. The van der Waals surface area contributed by atoms with Gasteiger partial charge in [0.1, 0.15) is 16.7 Å². The van der Waals surface area contributed by atoms with Crippen molar-refractivity contribution in [3.63, 3.8) is 0 Å². The van der Waals surface area contributed by atoms with Gasteiger partial charge in [0.25, 0.3) is 0 Å². The summed E-state index contributed by atoms with van der Waals surface area (Å²) >= 11 is 7.60. The lowest BCUT2D eigenvalue weighted by atomic mass is 10.2. The highest BCUT2D eigenvalue weighted by atomic mass is 35.5. The summed E-state index contributed by atoms with van der Waals surface area (Å²) < 4.78 is 0. The maximum atomic E-state index is 5.99. The standard InChI is InChI=1S/C15H16ClN3S/c1-9-13(17)18-14(11-4-5-11)19-15(9)20-8-10-2-6-12(16)7-3-10/h2-3,6-7,11H,4-5,8H2,1H3,(H2,17,18,19). The van der Waals surface area contributed by atoms with Crippen molar-refractivity contribution in [3.8, 4) is 0 Å². The van der Waals surface area contributed by atoms with Crippen LogP contribution in [0.15, 0.2) is 29.3 Å². The van der Waals surface area contributed by atoms with E-state index in [4.69, 9.17) is 17.3 Å². The number of nitrogens with two attached hydrogens (primary N) is 1. The van der Waals surface area contributed by atoms with Crippen LogP contribution < -0.4 is 5.73 Å². The van der Waals surface area contributed by atoms with Crippen molar-refractivity contribution in [3.05, 3.63) is 46.2 Å². The van der Waals surface area contributed by atoms with Crippen LogP contribution >= 0.6 is 23.4 Å². The lowest BCUT2D eigenvalue weighted by Gasteiger charge is -2.09. The zero-order valence-corrected chi connectivity index (χ0v) is 12.8. The molecule has 0 amide bonds. The number of nitrogen functional groups attached to an aromatic ring is 1. The predicted octanol–water partition coefficient (Wildman–Crippen LogP) is 4.19. The molecule has 1 aromatic carbocycles. The molecule has 0 atom stereocenters.